The smallest absolute Gasteiger partial charge is 0.254 e. The van der Waals surface area contributed by atoms with Crippen LogP contribution in [0.1, 0.15) is 24.2 Å². The molecule has 7 nitrogen and oxygen atoms in total. The molecule has 0 saturated heterocycles. The van der Waals surface area contributed by atoms with Crippen LogP contribution in [0, 0.1) is 0 Å². The van der Waals surface area contributed by atoms with Gasteiger partial charge in [-0.15, -0.1) is 0 Å². The zero-order valence-corrected chi connectivity index (χ0v) is 10.4. The molecule has 0 spiro atoms. The summed E-state index contributed by atoms with van der Waals surface area (Å²) in [5.74, 6) is 4.66. The number of amides is 2. The molecule has 1 unspecified atom stereocenters. The number of anilines is 1. The number of aromatic nitrogens is 1. The van der Waals surface area contributed by atoms with E-state index in [-0.39, 0.29) is 11.8 Å². The lowest BCUT2D eigenvalue weighted by Gasteiger charge is -2.14. The van der Waals surface area contributed by atoms with Crippen LogP contribution in [-0.2, 0) is 4.79 Å². The van der Waals surface area contributed by atoms with E-state index in [1.54, 1.807) is 6.92 Å². The number of carbonyl (C=O) groups is 2. The SMILES string of the molecule is CCNC(=O)C(C)NC(=O)c1ccncc1NN. The number of carbonyl (C=O) groups excluding carboxylic acids is 2. The first-order chi connectivity index (χ1) is 8.60. The van der Waals surface area contributed by atoms with Crippen LogP contribution >= 0.6 is 0 Å². The summed E-state index contributed by atoms with van der Waals surface area (Å²) in [5, 5.41) is 5.21. The topological polar surface area (TPSA) is 109 Å². The van der Waals surface area contributed by atoms with Crippen molar-refractivity contribution in [2.75, 3.05) is 12.0 Å². The Kier molecular flexibility index (Phi) is 5.06. The summed E-state index contributed by atoms with van der Waals surface area (Å²) in [6.07, 6.45) is 2.91. The summed E-state index contributed by atoms with van der Waals surface area (Å²) in [5.41, 5.74) is 3.12. The van der Waals surface area contributed by atoms with Gasteiger partial charge in [0.05, 0.1) is 17.4 Å². The van der Waals surface area contributed by atoms with Crippen molar-refractivity contribution in [2.45, 2.75) is 19.9 Å². The van der Waals surface area contributed by atoms with Crippen LogP contribution in [0.15, 0.2) is 18.5 Å². The standard InChI is InChI=1S/C11H17N5O2/c1-3-14-10(17)7(2)15-11(18)8-4-5-13-6-9(8)16-12/h4-7,16H,3,12H2,1-2H3,(H,14,17)(H,15,18). The molecule has 1 heterocycles. The van der Waals surface area contributed by atoms with Crippen LogP contribution in [-0.4, -0.2) is 29.4 Å². The summed E-state index contributed by atoms with van der Waals surface area (Å²) < 4.78 is 0. The monoisotopic (exact) mass is 251 g/mol. The van der Waals surface area contributed by atoms with E-state index in [0.717, 1.165) is 0 Å². The molecule has 0 aliphatic carbocycles. The molecule has 7 heteroatoms. The molecule has 0 aliphatic heterocycles. The molecule has 0 aliphatic rings. The number of rotatable bonds is 5. The highest BCUT2D eigenvalue weighted by Gasteiger charge is 2.17. The van der Waals surface area contributed by atoms with Crippen LogP contribution < -0.4 is 21.9 Å². The second kappa shape index (κ2) is 6.55. The third-order valence-corrected chi connectivity index (χ3v) is 2.31. The van der Waals surface area contributed by atoms with Gasteiger partial charge in [0, 0.05) is 12.7 Å². The Morgan fingerprint density at radius 2 is 2.22 bits per heavy atom. The largest absolute Gasteiger partial charge is 0.355 e. The van der Waals surface area contributed by atoms with Gasteiger partial charge in [0.1, 0.15) is 6.04 Å². The van der Waals surface area contributed by atoms with Gasteiger partial charge >= 0.3 is 0 Å². The van der Waals surface area contributed by atoms with Crippen molar-refractivity contribution in [2.24, 2.45) is 5.84 Å². The molecule has 1 aromatic rings. The van der Waals surface area contributed by atoms with E-state index in [9.17, 15) is 9.59 Å². The molecule has 1 atom stereocenters. The summed E-state index contributed by atoms with van der Waals surface area (Å²) in [6.45, 7) is 3.94. The van der Waals surface area contributed by atoms with Crippen molar-refractivity contribution in [3.05, 3.63) is 24.0 Å². The first kappa shape index (κ1) is 13.9. The first-order valence-electron chi connectivity index (χ1n) is 5.59. The number of hydrazine groups is 1. The van der Waals surface area contributed by atoms with Crippen molar-refractivity contribution in [1.29, 1.82) is 0 Å². The maximum absolute atomic E-state index is 11.9. The second-order valence-corrected chi connectivity index (χ2v) is 3.66. The fourth-order valence-corrected chi connectivity index (χ4v) is 1.37. The second-order valence-electron chi connectivity index (χ2n) is 3.66. The molecule has 0 saturated carbocycles. The van der Waals surface area contributed by atoms with E-state index < -0.39 is 6.04 Å². The predicted molar refractivity (Wildman–Crippen MR) is 67.7 cm³/mol. The number of nitrogen functional groups attached to an aromatic ring is 1. The molecular weight excluding hydrogens is 234 g/mol. The molecular formula is C11H17N5O2. The Bertz CT molecular complexity index is 435. The van der Waals surface area contributed by atoms with Crippen LogP contribution in [0.5, 0.6) is 0 Å². The highest BCUT2D eigenvalue weighted by molar-refractivity contribution is 6.01. The Labute approximate surface area is 105 Å². The summed E-state index contributed by atoms with van der Waals surface area (Å²) in [6, 6.07) is 0.908. The summed E-state index contributed by atoms with van der Waals surface area (Å²) in [7, 11) is 0. The molecule has 0 radical (unpaired) electrons. The number of hydrogen-bond donors (Lipinski definition) is 4. The molecule has 18 heavy (non-hydrogen) atoms. The molecule has 1 rings (SSSR count). The normalized spacial score (nSPS) is 11.5. The fourth-order valence-electron chi connectivity index (χ4n) is 1.37. The molecule has 0 fully saturated rings. The minimum absolute atomic E-state index is 0.234. The first-order valence-corrected chi connectivity index (χ1v) is 5.59. The van der Waals surface area contributed by atoms with Gasteiger partial charge in [-0.25, -0.2) is 0 Å². The zero-order valence-electron chi connectivity index (χ0n) is 10.4. The Morgan fingerprint density at radius 3 is 2.83 bits per heavy atom. The van der Waals surface area contributed by atoms with E-state index in [1.807, 2.05) is 6.92 Å². The van der Waals surface area contributed by atoms with Crippen molar-refractivity contribution in [1.82, 2.24) is 15.6 Å². The minimum Gasteiger partial charge on any atom is -0.355 e. The van der Waals surface area contributed by atoms with Gasteiger partial charge in [0.25, 0.3) is 5.91 Å². The Balaban J connectivity index is 2.73. The molecule has 2 amide bonds. The highest BCUT2D eigenvalue weighted by Crippen LogP contribution is 2.11. The number of likely N-dealkylation sites (N-methyl/N-ethyl adjacent to an activating group) is 1. The summed E-state index contributed by atoms with van der Waals surface area (Å²) in [4.78, 5) is 27.3. The molecule has 5 N–H and O–H groups in total. The van der Waals surface area contributed by atoms with E-state index in [1.165, 1.54) is 18.5 Å². The van der Waals surface area contributed by atoms with E-state index >= 15 is 0 Å². The number of nitrogens with one attached hydrogen (secondary N) is 3. The molecule has 98 valence electrons. The number of nitrogens with two attached hydrogens (primary N) is 1. The van der Waals surface area contributed by atoms with Crippen LogP contribution in [0.3, 0.4) is 0 Å². The van der Waals surface area contributed by atoms with Gasteiger partial charge in [0.2, 0.25) is 5.91 Å². The average Bonchev–Trinajstić information content (AvgIpc) is 2.38. The average molecular weight is 251 g/mol. The van der Waals surface area contributed by atoms with Crippen molar-refractivity contribution in [3.63, 3.8) is 0 Å². The predicted octanol–water partition coefficient (Wildman–Crippen LogP) is -0.378. The van der Waals surface area contributed by atoms with Crippen molar-refractivity contribution >= 4 is 17.5 Å². The lowest BCUT2D eigenvalue weighted by atomic mass is 10.2. The maximum Gasteiger partial charge on any atom is 0.254 e. The van der Waals surface area contributed by atoms with Crippen LogP contribution in [0.25, 0.3) is 0 Å². The third-order valence-electron chi connectivity index (χ3n) is 2.31. The quantitative estimate of drug-likeness (QED) is 0.421. The van der Waals surface area contributed by atoms with Gasteiger partial charge in [-0.05, 0) is 19.9 Å². The minimum atomic E-state index is -0.615. The van der Waals surface area contributed by atoms with E-state index in [4.69, 9.17) is 5.84 Å². The molecule has 0 aromatic carbocycles. The van der Waals surface area contributed by atoms with Gasteiger partial charge < -0.3 is 16.1 Å². The van der Waals surface area contributed by atoms with Crippen molar-refractivity contribution in [3.8, 4) is 0 Å². The maximum atomic E-state index is 11.9. The van der Waals surface area contributed by atoms with Crippen molar-refractivity contribution < 1.29 is 9.59 Å². The van der Waals surface area contributed by atoms with Crippen LogP contribution in [0.4, 0.5) is 5.69 Å². The van der Waals surface area contributed by atoms with E-state index in [0.29, 0.717) is 17.8 Å². The van der Waals surface area contributed by atoms with Crippen LogP contribution in [0.2, 0.25) is 0 Å². The Morgan fingerprint density at radius 1 is 1.50 bits per heavy atom. The number of pyridine rings is 1. The summed E-state index contributed by atoms with van der Waals surface area (Å²) >= 11 is 0. The van der Waals surface area contributed by atoms with Gasteiger partial charge in [-0.1, -0.05) is 0 Å². The van der Waals surface area contributed by atoms with Gasteiger partial charge in [-0.3, -0.25) is 20.4 Å². The van der Waals surface area contributed by atoms with Gasteiger partial charge in [-0.2, -0.15) is 0 Å². The van der Waals surface area contributed by atoms with E-state index in [2.05, 4.69) is 21.0 Å². The lowest BCUT2D eigenvalue weighted by Crippen LogP contribution is -2.44. The third kappa shape index (κ3) is 3.42. The lowest BCUT2D eigenvalue weighted by molar-refractivity contribution is -0.122. The Hall–Kier alpha value is -2.15. The fraction of sp³-hybridized carbons (Fsp3) is 0.364. The van der Waals surface area contributed by atoms with Gasteiger partial charge in [0.15, 0.2) is 0 Å². The zero-order chi connectivity index (χ0) is 13.5. The molecule has 0 bridgehead atoms. The highest BCUT2D eigenvalue weighted by atomic mass is 16.2. The number of hydrogen-bond acceptors (Lipinski definition) is 5. The molecule has 1 aromatic heterocycles. The number of nitrogens with zero attached hydrogens (tertiary/aromatic N) is 1.